The van der Waals surface area contributed by atoms with Gasteiger partial charge >= 0.3 is 0 Å². The highest BCUT2D eigenvalue weighted by Crippen LogP contribution is 2.22. The fourth-order valence-electron chi connectivity index (χ4n) is 3.34. The highest BCUT2D eigenvalue weighted by atomic mass is 16.5. The number of carbonyl (C=O) groups excluding carboxylic acids is 1. The van der Waals surface area contributed by atoms with Gasteiger partial charge in [0, 0.05) is 19.2 Å². The molecule has 0 saturated carbocycles. The third-order valence-electron chi connectivity index (χ3n) is 4.52. The predicted octanol–water partition coefficient (Wildman–Crippen LogP) is 2.75. The molecule has 0 spiro atoms. The summed E-state index contributed by atoms with van der Waals surface area (Å²) in [4.78, 5) is 14.6. The fraction of sp³-hybridized carbons (Fsp3) is 0.611. The summed E-state index contributed by atoms with van der Waals surface area (Å²) in [5, 5.41) is 3.36. The van der Waals surface area contributed by atoms with E-state index in [9.17, 15) is 4.79 Å². The van der Waals surface area contributed by atoms with Gasteiger partial charge in [0.15, 0.2) is 0 Å². The van der Waals surface area contributed by atoms with Gasteiger partial charge in [-0.25, -0.2) is 0 Å². The maximum atomic E-state index is 12.6. The van der Waals surface area contributed by atoms with Gasteiger partial charge in [0.2, 0.25) is 5.91 Å². The first kappa shape index (κ1) is 17.0. The molecule has 1 fully saturated rings. The number of ether oxygens (including phenoxy) is 1. The van der Waals surface area contributed by atoms with Crippen molar-refractivity contribution in [2.45, 2.75) is 51.2 Å². The van der Waals surface area contributed by atoms with Gasteiger partial charge in [-0.05, 0) is 38.7 Å². The van der Waals surface area contributed by atoms with E-state index in [4.69, 9.17) is 4.74 Å². The lowest BCUT2D eigenvalue weighted by atomic mass is 9.97. The van der Waals surface area contributed by atoms with Crippen LogP contribution in [0.1, 0.15) is 44.7 Å². The summed E-state index contributed by atoms with van der Waals surface area (Å²) in [5.74, 6) is 0.191. The summed E-state index contributed by atoms with van der Waals surface area (Å²) < 4.78 is 5.29. The van der Waals surface area contributed by atoms with Crippen molar-refractivity contribution in [1.82, 2.24) is 10.2 Å². The van der Waals surface area contributed by atoms with Crippen molar-refractivity contribution >= 4 is 5.91 Å². The summed E-state index contributed by atoms with van der Waals surface area (Å²) in [7, 11) is 1.69. The van der Waals surface area contributed by atoms with Crippen LogP contribution in [0.25, 0.3) is 0 Å². The van der Waals surface area contributed by atoms with E-state index in [0.717, 1.165) is 18.4 Å². The van der Waals surface area contributed by atoms with Crippen molar-refractivity contribution in [1.29, 1.82) is 0 Å². The molecule has 4 nitrogen and oxygen atoms in total. The van der Waals surface area contributed by atoms with Crippen LogP contribution >= 0.6 is 0 Å². The molecule has 1 aromatic carbocycles. The summed E-state index contributed by atoms with van der Waals surface area (Å²) in [6, 6.07) is 10.9. The number of nitrogens with one attached hydrogen (secondary N) is 1. The topological polar surface area (TPSA) is 41.6 Å². The highest BCUT2D eigenvalue weighted by molar-refractivity contribution is 5.79. The number of hydrogen-bond donors (Lipinski definition) is 1. The molecule has 22 heavy (non-hydrogen) atoms. The number of amides is 1. The molecule has 4 heteroatoms. The van der Waals surface area contributed by atoms with Crippen LogP contribution in [-0.4, -0.2) is 43.2 Å². The third kappa shape index (κ3) is 4.31. The second-order valence-electron chi connectivity index (χ2n) is 6.23. The minimum Gasteiger partial charge on any atom is -0.383 e. The second kappa shape index (κ2) is 8.30. The van der Waals surface area contributed by atoms with Crippen LogP contribution in [0.2, 0.25) is 0 Å². The van der Waals surface area contributed by atoms with E-state index in [1.165, 1.54) is 6.42 Å². The average Bonchev–Trinajstić information content (AvgIpc) is 2.52. The molecule has 0 radical (unpaired) electrons. The van der Waals surface area contributed by atoms with Gasteiger partial charge in [-0.1, -0.05) is 30.3 Å². The number of likely N-dealkylation sites (tertiary alicyclic amines) is 1. The van der Waals surface area contributed by atoms with Crippen molar-refractivity contribution < 1.29 is 9.53 Å². The van der Waals surface area contributed by atoms with E-state index in [0.29, 0.717) is 25.2 Å². The van der Waals surface area contributed by atoms with Gasteiger partial charge in [-0.3, -0.25) is 10.1 Å². The zero-order valence-corrected chi connectivity index (χ0v) is 13.9. The normalized spacial score (nSPS) is 23.3. The highest BCUT2D eigenvalue weighted by Gasteiger charge is 2.28. The van der Waals surface area contributed by atoms with Crippen LogP contribution in [0.15, 0.2) is 30.3 Å². The van der Waals surface area contributed by atoms with Gasteiger partial charge in [0.05, 0.1) is 19.2 Å². The summed E-state index contributed by atoms with van der Waals surface area (Å²) in [5.41, 5.74) is 1.15. The van der Waals surface area contributed by atoms with Crippen molar-refractivity contribution in [3.8, 4) is 0 Å². The number of nitrogens with zero attached hydrogens (tertiary/aromatic N) is 1. The van der Waals surface area contributed by atoms with Crippen molar-refractivity contribution in [3.63, 3.8) is 0 Å². The Morgan fingerprint density at radius 2 is 1.91 bits per heavy atom. The van der Waals surface area contributed by atoms with Gasteiger partial charge in [0.25, 0.3) is 0 Å². The number of methoxy groups -OCH3 is 1. The Morgan fingerprint density at radius 1 is 1.27 bits per heavy atom. The molecule has 1 aromatic rings. The van der Waals surface area contributed by atoms with Crippen LogP contribution in [0.3, 0.4) is 0 Å². The first-order valence-corrected chi connectivity index (χ1v) is 8.22. The molecular formula is C18H28N2O2. The number of benzene rings is 1. The average molecular weight is 304 g/mol. The molecule has 3 atom stereocenters. The SMILES string of the molecule is COC[C@H](NCC(=O)N1[C@@H](C)CCC[C@@H]1C)c1ccccc1. The molecule has 0 unspecified atom stereocenters. The molecule has 122 valence electrons. The van der Waals surface area contributed by atoms with Gasteiger partial charge in [-0.15, -0.1) is 0 Å². The molecule has 1 aliphatic rings. The summed E-state index contributed by atoms with van der Waals surface area (Å²) in [6.07, 6.45) is 3.43. The zero-order valence-electron chi connectivity index (χ0n) is 13.9. The Labute approximate surface area is 133 Å². The Hall–Kier alpha value is -1.39. The molecule has 1 saturated heterocycles. The van der Waals surface area contributed by atoms with Gasteiger partial charge in [-0.2, -0.15) is 0 Å². The quantitative estimate of drug-likeness (QED) is 0.878. The minimum absolute atomic E-state index is 0.0468. The lowest BCUT2D eigenvalue weighted by Gasteiger charge is -2.39. The fourth-order valence-corrected chi connectivity index (χ4v) is 3.34. The maximum Gasteiger partial charge on any atom is 0.237 e. The van der Waals surface area contributed by atoms with E-state index in [1.807, 2.05) is 23.1 Å². The Bertz CT molecular complexity index is 453. The molecule has 1 heterocycles. The largest absolute Gasteiger partial charge is 0.383 e. The van der Waals surface area contributed by atoms with Crippen LogP contribution in [0.5, 0.6) is 0 Å². The van der Waals surface area contributed by atoms with Crippen molar-refractivity contribution in [2.24, 2.45) is 0 Å². The lowest BCUT2D eigenvalue weighted by molar-refractivity contribution is -0.136. The Morgan fingerprint density at radius 3 is 2.50 bits per heavy atom. The number of carbonyl (C=O) groups is 1. The van der Waals surface area contributed by atoms with Crippen LogP contribution < -0.4 is 5.32 Å². The smallest absolute Gasteiger partial charge is 0.237 e. The molecule has 1 aliphatic heterocycles. The molecule has 0 aliphatic carbocycles. The molecule has 0 bridgehead atoms. The summed E-state index contributed by atoms with van der Waals surface area (Å²) in [6.45, 7) is 5.22. The zero-order chi connectivity index (χ0) is 15.9. The van der Waals surface area contributed by atoms with E-state index in [1.54, 1.807) is 7.11 Å². The van der Waals surface area contributed by atoms with Gasteiger partial charge in [0.1, 0.15) is 0 Å². The number of piperidine rings is 1. The van der Waals surface area contributed by atoms with E-state index < -0.39 is 0 Å². The first-order valence-electron chi connectivity index (χ1n) is 8.22. The van der Waals surface area contributed by atoms with E-state index in [2.05, 4.69) is 31.3 Å². The van der Waals surface area contributed by atoms with Crippen molar-refractivity contribution in [3.05, 3.63) is 35.9 Å². The second-order valence-corrected chi connectivity index (χ2v) is 6.23. The van der Waals surface area contributed by atoms with E-state index >= 15 is 0 Å². The molecular weight excluding hydrogens is 276 g/mol. The maximum absolute atomic E-state index is 12.6. The number of rotatable bonds is 6. The molecule has 1 N–H and O–H groups in total. The molecule has 2 rings (SSSR count). The van der Waals surface area contributed by atoms with Crippen LogP contribution in [0.4, 0.5) is 0 Å². The summed E-state index contributed by atoms with van der Waals surface area (Å²) >= 11 is 0. The Balaban J connectivity index is 1.95. The predicted molar refractivity (Wildman–Crippen MR) is 88.7 cm³/mol. The van der Waals surface area contributed by atoms with E-state index in [-0.39, 0.29) is 11.9 Å². The minimum atomic E-state index is 0.0468. The standard InChI is InChI=1S/C18H28N2O2/c1-14-8-7-9-15(2)20(14)18(21)12-19-17(13-22-3)16-10-5-4-6-11-16/h4-6,10-11,14-15,17,19H,7-9,12-13H2,1-3H3/t14-,15-,17-/m0/s1. The van der Waals surface area contributed by atoms with Gasteiger partial charge < -0.3 is 9.64 Å². The molecule has 1 amide bonds. The Kier molecular flexibility index (Phi) is 6.40. The lowest BCUT2D eigenvalue weighted by Crippen LogP contribution is -2.50. The third-order valence-corrected chi connectivity index (χ3v) is 4.52. The van der Waals surface area contributed by atoms with Crippen LogP contribution in [-0.2, 0) is 9.53 Å². The molecule has 0 aromatic heterocycles. The van der Waals surface area contributed by atoms with Crippen LogP contribution in [0, 0.1) is 0 Å². The first-order chi connectivity index (χ1) is 10.6. The number of hydrogen-bond acceptors (Lipinski definition) is 3. The monoisotopic (exact) mass is 304 g/mol. The van der Waals surface area contributed by atoms with Crippen molar-refractivity contribution in [2.75, 3.05) is 20.3 Å².